The monoisotopic (exact) mass is 468 g/mol. The maximum Gasteiger partial charge on any atom is 0.334 e. The summed E-state index contributed by atoms with van der Waals surface area (Å²) in [5, 5.41) is 2.62. The summed E-state index contributed by atoms with van der Waals surface area (Å²) in [6.07, 6.45) is 0.475. The molecular formula is C13H14BrClN4O4S2. The lowest BCUT2D eigenvalue weighted by Crippen LogP contribution is -2.34. The molecule has 0 unspecified atom stereocenters. The van der Waals surface area contributed by atoms with E-state index in [1.165, 1.54) is 25.3 Å². The highest BCUT2D eigenvalue weighted by Gasteiger charge is 2.22. The number of nitrogens with zero attached hydrogens (tertiary/aromatic N) is 1. The highest BCUT2D eigenvalue weighted by molar-refractivity contribution is 9.10. The number of halogens is 2. The van der Waals surface area contributed by atoms with Crippen molar-refractivity contribution in [3.63, 3.8) is 0 Å². The Hall–Kier alpha value is -1.40. The summed E-state index contributed by atoms with van der Waals surface area (Å²) in [7, 11) is -2.53. The zero-order valence-corrected chi connectivity index (χ0v) is 16.9. The van der Waals surface area contributed by atoms with Crippen LogP contribution in [-0.2, 0) is 21.2 Å². The largest absolute Gasteiger partial charge is 0.384 e. The molecule has 0 aromatic carbocycles. The molecule has 0 aliphatic heterocycles. The smallest absolute Gasteiger partial charge is 0.334 e. The van der Waals surface area contributed by atoms with E-state index in [4.69, 9.17) is 22.1 Å². The Morgan fingerprint density at radius 1 is 1.44 bits per heavy atom. The van der Waals surface area contributed by atoms with Crippen LogP contribution in [0.5, 0.6) is 0 Å². The highest BCUT2D eigenvalue weighted by atomic mass is 79.9. The molecular weight excluding hydrogens is 456 g/mol. The SMILES string of the molecule is COCCc1sc(S(=O)(=O)NC(=O)Nc2cc(Br)cc(N)n2)cc1Cl. The Balaban J connectivity index is 2.11. The molecule has 0 aliphatic carbocycles. The van der Waals surface area contributed by atoms with E-state index in [0.717, 1.165) is 11.3 Å². The van der Waals surface area contributed by atoms with Crippen LogP contribution in [0.3, 0.4) is 0 Å². The van der Waals surface area contributed by atoms with Gasteiger partial charge in [-0.3, -0.25) is 5.32 Å². The standard InChI is InChI=1S/C13H14BrClN4O4S2/c1-23-3-2-9-8(15)6-12(24-9)25(21,22)19-13(20)18-11-5-7(14)4-10(16)17-11/h4-6H,2-3H2,1H3,(H4,16,17,18,19,20). The molecule has 0 fully saturated rings. The van der Waals surface area contributed by atoms with Gasteiger partial charge in [-0.25, -0.2) is 22.9 Å². The molecule has 0 saturated carbocycles. The number of nitrogen functional groups attached to an aromatic ring is 1. The van der Waals surface area contributed by atoms with E-state index in [-0.39, 0.29) is 15.8 Å². The number of nitrogens with two attached hydrogens (primary N) is 1. The third-order valence-corrected chi connectivity index (χ3v) is 6.72. The fraction of sp³-hybridized carbons (Fsp3) is 0.231. The maximum atomic E-state index is 12.3. The Bertz CT molecular complexity index is 868. The van der Waals surface area contributed by atoms with Crippen molar-refractivity contribution in [2.45, 2.75) is 10.6 Å². The number of carbonyl (C=O) groups excluding carboxylic acids is 1. The molecule has 136 valence electrons. The van der Waals surface area contributed by atoms with E-state index < -0.39 is 16.1 Å². The summed E-state index contributed by atoms with van der Waals surface area (Å²) in [6.45, 7) is 0.406. The van der Waals surface area contributed by atoms with Gasteiger partial charge in [0.15, 0.2) is 0 Å². The van der Waals surface area contributed by atoms with Gasteiger partial charge in [-0.15, -0.1) is 11.3 Å². The van der Waals surface area contributed by atoms with Gasteiger partial charge in [-0.2, -0.15) is 0 Å². The van der Waals surface area contributed by atoms with Crippen LogP contribution in [0, 0.1) is 0 Å². The molecule has 0 bridgehead atoms. The molecule has 0 atom stereocenters. The van der Waals surface area contributed by atoms with Crippen molar-refractivity contribution in [1.29, 1.82) is 0 Å². The lowest BCUT2D eigenvalue weighted by Gasteiger charge is -2.07. The number of carbonyl (C=O) groups is 1. The molecule has 2 amide bonds. The summed E-state index contributed by atoms with van der Waals surface area (Å²) < 4.78 is 32.0. The summed E-state index contributed by atoms with van der Waals surface area (Å²) in [5.74, 6) is 0.268. The second kappa shape index (κ2) is 8.32. The number of nitrogens with one attached hydrogen (secondary N) is 2. The number of methoxy groups -OCH3 is 1. The molecule has 25 heavy (non-hydrogen) atoms. The van der Waals surface area contributed by atoms with Crippen LogP contribution in [0.25, 0.3) is 0 Å². The van der Waals surface area contributed by atoms with Gasteiger partial charge >= 0.3 is 6.03 Å². The van der Waals surface area contributed by atoms with Gasteiger partial charge in [0.2, 0.25) is 0 Å². The fourth-order valence-electron chi connectivity index (χ4n) is 1.78. The average Bonchev–Trinajstić information content (AvgIpc) is 2.85. The molecule has 0 spiro atoms. The number of aromatic nitrogens is 1. The van der Waals surface area contributed by atoms with E-state index in [1.807, 2.05) is 4.72 Å². The lowest BCUT2D eigenvalue weighted by atomic mass is 10.4. The fourth-order valence-corrected chi connectivity index (χ4v) is 4.97. The van der Waals surface area contributed by atoms with Crippen LogP contribution in [-0.4, -0.2) is 33.1 Å². The van der Waals surface area contributed by atoms with Crippen molar-refractivity contribution < 1.29 is 17.9 Å². The number of sulfonamides is 1. The molecule has 4 N–H and O–H groups in total. The summed E-state index contributed by atoms with van der Waals surface area (Å²) in [5.41, 5.74) is 5.56. The molecule has 2 aromatic heterocycles. The summed E-state index contributed by atoms with van der Waals surface area (Å²) in [4.78, 5) is 16.5. The van der Waals surface area contributed by atoms with Crippen LogP contribution < -0.4 is 15.8 Å². The molecule has 0 saturated heterocycles. The van der Waals surface area contributed by atoms with E-state index in [9.17, 15) is 13.2 Å². The highest BCUT2D eigenvalue weighted by Crippen LogP contribution is 2.30. The van der Waals surface area contributed by atoms with Gasteiger partial charge < -0.3 is 10.5 Å². The van der Waals surface area contributed by atoms with Crippen molar-refractivity contribution >= 4 is 66.6 Å². The summed E-state index contributed by atoms with van der Waals surface area (Å²) in [6, 6.07) is 3.35. The number of pyridine rings is 1. The van der Waals surface area contributed by atoms with Crippen LogP contribution in [0.2, 0.25) is 5.02 Å². The number of anilines is 2. The third kappa shape index (κ3) is 5.54. The van der Waals surface area contributed by atoms with E-state index in [0.29, 0.717) is 27.4 Å². The van der Waals surface area contributed by atoms with Crippen LogP contribution in [0.1, 0.15) is 4.88 Å². The number of hydrogen-bond donors (Lipinski definition) is 3. The Labute approximate surface area is 161 Å². The first-order valence-electron chi connectivity index (χ1n) is 6.75. The minimum Gasteiger partial charge on any atom is -0.384 e. The summed E-state index contributed by atoms with van der Waals surface area (Å²) >= 11 is 10.2. The quantitative estimate of drug-likeness (QED) is 0.598. The zero-order valence-electron chi connectivity index (χ0n) is 12.9. The van der Waals surface area contributed by atoms with Gasteiger partial charge in [-0.1, -0.05) is 27.5 Å². The van der Waals surface area contributed by atoms with E-state index in [1.54, 1.807) is 0 Å². The Morgan fingerprint density at radius 2 is 2.16 bits per heavy atom. The first kappa shape index (κ1) is 19.9. The molecule has 2 heterocycles. The first-order chi connectivity index (χ1) is 11.7. The number of ether oxygens (including phenoxy) is 1. The van der Waals surface area contributed by atoms with Crippen LogP contribution >= 0.6 is 38.9 Å². The van der Waals surface area contributed by atoms with Gasteiger partial charge in [0.05, 0.1) is 11.6 Å². The lowest BCUT2D eigenvalue weighted by molar-refractivity contribution is 0.203. The molecule has 0 aliphatic rings. The maximum absolute atomic E-state index is 12.3. The minimum absolute atomic E-state index is 0.0690. The van der Waals surface area contributed by atoms with Crippen molar-refractivity contribution in [3.8, 4) is 0 Å². The van der Waals surface area contributed by atoms with Gasteiger partial charge in [0.1, 0.15) is 15.8 Å². The van der Waals surface area contributed by atoms with Crippen LogP contribution in [0.15, 0.2) is 26.9 Å². The third-order valence-electron chi connectivity index (χ3n) is 2.81. The van der Waals surface area contributed by atoms with Crippen molar-refractivity contribution in [3.05, 3.63) is 32.6 Å². The number of urea groups is 1. The van der Waals surface area contributed by atoms with Gasteiger partial charge in [0, 0.05) is 22.9 Å². The normalized spacial score (nSPS) is 11.3. The van der Waals surface area contributed by atoms with E-state index in [2.05, 4.69) is 26.2 Å². The van der Waals surface area contributed by atoms with Gasteiger partial charge in [-0.05, 0) is 18.2 Å². The van der Waals surface area contributed by atoms with Gasteiger partial charge in [0.25, 0.3) is 10.0 Å². The second-order valence-electron chi connectivity index (χ2n) is 4.73. The molecule has 8 nitrogen and oxygen atoms in total. The number of thiophene rings is 1. The average molecular weight is 470 g/mol. The number of hydrogen-bond acceptors (Lipinski definition) is 7. The second-order valence-corrected chi connectivity index (χ2v) is 9.10. The molecule has 0 radical (unpaired) electrons. The molecule has 12 heteroatoms. The zero-order chi connectivity index (χ0) is 18.6. The van der Waals surface area contributed by atoms with E-state index >= 15 is 0 Å². The number of amides is 2. The minimum atomic E-state index is -4.07. The van der Waals surface area contributed by atoms with Crippen molar-refractivity contribution in [2.24, 2.45) is 0 Å². The predicted octanol–water partition coefficient (Wildman–Crippen LogP) is 2.84. The van der Waals surface area contributed by atoms with Crippen molar-refractivity contribution in [2.75, 3.05) is 24.8 Å². The molecule has 2 rings (SSSR count). The van der Waals surface area contributed by atoms with Crippen molar-refractivity contribution in [1.82, 2.24) is 9.71 Å². The Morgan fingerprint density at radius 3 is 2.80 bits per heavy atom. The predicted molar refractivity (Wildman–Crippen MR) is 101 cm³/mol. The number of rotatable bonds is 6. The van der Waals surface area contributed by atoms with Crippen LogP contribution in [0.4, 0.5) is 16.4 Å². The topological polar surface area (TPSA) is 123 Å². The Kier molecular flexibility index (Phi) is 6.63. The first-order valence-corrected chi connectivity index (χ1v) is 10.2. The molecule has 2 aromatic rings.